The van der Waals surface area contributed by atoms with Crippen LogP contribution < -0.4 is 5.73 Å². The van der Waals surface area contributed by atoms with Crippen molar-refractivity contribution in [2.24, 2.45) is 10.7 Å². The van der Waals surface area contributed by atoms with E-state index in [0.29, 0.717) is 12.4 Å². The minimum absolute atomic E-state index is 0.0485. The Kier molecular flexibility index (Phi) is 4.13. The number of rotatable bonds is 4. The van der Waals surface area contributed by atoms with Crippen molar-refractivity contribution >= 4 is 5.84 Å². The summed E-state index contributed by atoms with van der Waals surface area (Å²) in [4.78, 5) is 4.37. The zero-order valence-corrected chi connectivity index (χ0v) is 10.6. The van der Waals surface area contributed by atoms with Gasteiger partial charge in [0, 0.05) is 6.54 Å². The van der Waals surface area contributed by atoms with Crippen molar-refractivity contribution in [3.8, 4) is 0 Å². The minimum Gasteiger partial charge on any atom is -0.387 e. The second kappa shape index (κ2) is 6.01. The molecule has 2 rings (SSSR count). The van der Waals surface area contributed by atoms with Crippen LogP contribution in [0.15, 0.2) is 65.7 Å². The van der Waals surface area contributed by atoms with Gasteiger partial charge in [-0.15, -0.1) is 0 Å². The molecule has 2 nitrogen and oxygen atoms in total. The summed E-state index contributed by atoms with van der Waals surface area (Å²) >= 11 is 0. The molecule has 0 unspecified atom stereocenters. The summed E-state index contributed by atoms with van der Waals surface area (Å²) in [5.74, 6) is 0.724. The van der Waals surface area contributed by atoms with Gasteiger partial charge in [0.25, 0.3) is 0 Å². The van der Waals surface area contributed by atoms with Gasteiger partial charge in [-0.25, -0.2) is 0 Å². The molecule has 0 fully saturated rings. The summed E-state index contributed by atoms with van der Waals surface area (Å²) in [7, 11) is 0. The molecule has 0 aliphatic rings. The molecule has 0 aliphatic carbocycles. The van der Waals surface area contributed by atoms with Crippen molar-refractivity contribution in [2.45, 2.75) is 12.8 Å². The Hall–Kier alpha value is -2.09. The Labute approximate surface area is 108 Å². The second-order valence-electron chi connectivity index (χ2n) is 4.15. The molecule has 0 saturated heterocycles. The van der Waals surface area contributed by atoms with Crippen molar-refractivity contribution in [1.82, 2.24) is 0 Å². The van der Waals surface area contributed by atoms with Gasteiger partial charge in [-0.2, -0.15) is 0 Å². The van der Waals surface area contributed by atoms with E-state index < -0.39 is 0 Å². The van der Waals surface area contributed by atoms with Gasteiger partial charge >= 0.3 is 0 Å². The van der Waals surface area contributed by atoms with Crippen molar-refractivity contribution in [3.63, 3.8) is 0 Å². The summed E-state index contributed by atoms with van der Waals surface area (Å²) in [6.07, 6.45) is 0. The van der Waals surface area contributed by atoms with Crippen LogP contribution >= 0.6 is 0 Å². The lowest BCUT2D eigenvalue weighted by Crippen LogP contribution is -2.23. The highest BCUT2D eigenvalue weighted by Gasteiger charge is 2.17. The first-order chi connectivity index (χ1) is 8.83. The normalized spacial score (nSPS) is 11.8. The third-order valence-corrected chi connectivity index (χ3v) is 2.90. The van der Waals surface area contributed by atoms with Gasteiger partial charge in [-0.05, 0) is 18.1 Å². The molecule has 0 bridgehead atoms. The van der Waals surface area contributed by atoms with Gasteiger partial charge < -0.3 is 5.73 Å². The Morgan fingerprint density at radius 2 is 1.39 bits per heavy atom. The SMILES string of the molecule is CCN=C(N)C(c1ccccc1)c1ccccc1. The topological polar surface area (TPSA) is 38.4 Å². The largest absolute Gasteiger partial charge is 0.387 e. The Balaban J connectivity index is 2.45. The lowest BCUT2D eigenvalue weighted by Gasteiger charge is -2.17. The summed E-state index contributed by atoms with van der Waals surface area (Å²) in [6.45, 7) is 2.71. The molecule has 2 N–H and O–H groups in total. The molecule has 0 aliphatic heterocycles. The number of hydrogen-bond acceptors (Lipinski definition) is 1. The molecule has 0 heterocycles. The first kappa shape index (κ1) is 12.4. The molecule has 2 aromatic carbocycles. The Morgan fingerprint density at radius 3 is 1.78 bits per heavy atom. The maximum absolute atomic E-state index is 6.14. The molecule has 0 radical (unpaired) electrons. The molecular weight excluding hydrogens is 220 g/mol. The van der Waals surface area contributed by atoms with Crippen molar-refractivity contribution in [2.75, 3.05) is 6.54 Å². The van der Waals surface area contributed by atoms with Gasteiger partial charge in [-0.3, -0.25) is 4.99 Å². The summed E-state index contributed by atoms with van der Waals surface area (Å²) in [5, 5.41) is 0. The van der Waals surface area contributed by atoms with Gasteiger partial charge in [0.2, 0.25) is 0 Å². The molecule has 0 atom stereocenters. The van der Waals surface area contributed by atoms with Crippen LogP contribution in [0.2, 0.25) is 0 Å². The average molecular weight is 238 g/mol. The lowest BCUT2D eigenvalue weighted by molar-refractivity contribution is 1.02. The molecular formula is C16H18N2. The minimum atomic E-state index is 0.0485. The van der Waals surface area contributed by atoms with Crippen LogP contribution in [-0.2, 0) is 0 Å². The number of nitrogens with zero attached hydrogens (tertiary/aromatic N) is 1. The Morgan fingerprint density at radius 1 is 0.944 bits per heavy atom. The second-order valence-corrected chi connectivity index (χ2v) is 4.15. The fourth-order valence-corrected chi connectivity index (χ4v) is 2.10. The predicted octanol–water partition coefficient (Wildman–Crippen LogP) is 3.20. The first-order valence-corrected chi connectivity index (χ1v) is 6.22. The van der Waals surface area contributed by atoms with E-state index in [1.165, 1.54) is 11.1 Å². The van der Waals surface area contributed by atoms with Crippen LogP contribution in [0.3, 0.4) is 0 Å². The van der Waals surface area contributed by atoms with Crippen LogP contribution in [0.1, 0.15) is 24.0 Å². The molecule has 18 heavy (non-hydrogen) atoms. The lowest BCUT2D eigenvalue weighted by atomic mass is 9.90. The third-order valence-electron chi connectivity index (χ3n) is 2.90. The fourth-order valence-electron chi connectivity index (χ4n) is 2.10. The standard InChI is InChI=1S/C16H18N2/c1-2-18-16(17)15(13-9-5-3-6-10-13)14-11-7-4-8-12-14/h3-12,15H,2H2,1H3,(H2,17,18). The highest BCUT2D eigenvalue weighted by Crippen LogP contribution is 2.24. The average Bonchev–Trinajstić information content (AvgIpc) is 2.42. The fraction of sp³-hybridized carbons (Fsp3) is 0.188. The van der Waals surface area contributed by atoms with E-state index >= 15 is 0 Å². The van der Waals surface area contributed by atoms with E-state index in [1.54, 1.807) is 0 Å². The monoisotopic (exact) mass is 238 g/mol. The van der Waals surface area contributed by atoms with Crippen molar-refractivity contribution < 1.29 is 0 Å². The van der Waals surface area contributed by atoms with Crippen molar-refractivity contribution in [1.29, 1.82) is 0 Å². The van der Waals surface area contributed by atoms with Gasteiger partial charge in [0.15, 0.2) is 0 Å². The summed E-state index contributed by atoms with van der Waals surface area (Å²) < 4.78 is 0. The van der Waals surface area contributed by atoms with Gasteiger partial charge in [0.1, 0.15) is 5.84 Å². The van der Waals surface area contributed by atoms with E-state index in [-0.39, 0.29) is 5.92 Å². The molecule has 0 spiro atoms. The van der Waals surface area contributed by atoms with E-state index in [0.717, 1.165) is 0 Å². The first-order valence-electron chi connectivity index (χ1n) is 6.22. The smallest absolute Gasteiger partial charge is 0.106 e. The highest BCUT2D eigenvalue weighted by atomic mass is 14.9. The van der Waals surface area contributed by atoms with Gasteiger partial charge in [-0.1, -0.05) is 60.7 Å². The molecule has 92 valence electrons. The van der Waals surface area contributed by atoms with Crippen LogP contribution in [0, 0.1) is 0 Å². The summed E-state index contributed by atoms with van der Waals surface area (Å²) in [6, 6.07) is 20.5. The Bertz CT molecular complexity index is 464. The maximum atomic E-state index is 6.14. The number of nitrogens with two attached hydrogens (primary N) is 1. The number of hydrogen-bond donors (Lipinski definition) is 1. The molecule has 0 saturated carbocycles. The van der Waals surface area contributed by atoms with Crippen LogP contribution in [0.5, 0.6) is 0 Å². The summed E-state index contributed by atoms with van der Waals surface area (Å²) in [5.41, 5.74) is 8.50. The third kappa shape index (κ3) is 2.77. The number of benzene rings is 2. The zero-order valence-electron chi connectivity index (χ0n) is 10.6. The number of aliphatic imine (C=N–C) groups is 1. The van der Waals surface area contributed by atoms with Crippen LogP contribution in [0.25, 0.3) is 0 Å². The molecule has 2 heteroatoms. The molecule has 0 aromatic heterocycles. The van der Waals surface area contributed by atoms with E-state index in [2.05, 4.69) is 29.3 Å². The van der Waals surface area contributed by atoms with Crippen molar-refractivity contribution in [3.05, 3.63) is 71.8 Å². The predicted molar refractivity (Wildman–Crippen MR) is 76.9 cm³/mol. The molecule has 2 aromatic rings. The van der Waals surface area contributed by atoms with Crippen LogP contribution in [0.4, 0.5) is 0 Å². The quantitative estimate of drug-likeness (QED) is 0.644. The maximum Gasteiger partial charge on any atom is 0.106 e. The van der Waals surface area contributed by atoms with E-state index in [4.69, 9.17) is 5.73 Å². The molecule has 0 amide bonds. The number of amidine groups is 1. The van der Waals surface area contributed by atoms with Crippen LogP contribution in [-0.4, -0.2) is 12.4 Å². The van der Waals surface area contributed by atoms with E-state index in [9.17, 15) is 0 Å². The highest BCUT2D eigenvalue weighted by molar-refractivity contribution is 5.90. The zero-order chi connectivity index (χ0) is 12.8. The van der Waals surface area contributed by atoms with Gasteiger partial charge in [0.05, 0.1) is 5.92 Å². The van der Waals surface area contributed by atoms with E-state index in [1.807, 2.05) is 43.3 Å².